The molecule has 124 valence electrons. The van der Waals surface area contributed by atoms with Crippen molar-refractivity contribution in [3.63, 3.8) is 0 Å². The Bertz CT molecular complexity index is 1050. The van der Waals surface area contributed by atoms with Crippen LogP contribution < -0.4 is 9.47 Å². The Labute approximate surface area is 144 Å². The number of Topliss-reactive ketones (excluding diaryl/α,β-unsaturated/α-hetero) is 1. The van der Waals surface area contributed by atoms with Gasteiger partial charge in [-0.25, -0.2) is 0 Å². The third kappa shape index (κ3) is 2.26. The maximum Gasteiger partial charge on any atom is 0.227 e. The van der Waals surface area contributed by atoms with Crippen LogP contribution in [0.4, 0.5) is 0 Å². The quantitative estimate of drug-likeness (QED) is 0.760. The van der Waals surface area contributed by atoms with E-state index in [1.807, 2.05) is 42.5 Å². The van der Waals surface area contributed by atoms with Gasteiger partial charge in [-0.1, -0.05) is 30.3 Å². The second-order valence-corrected chi connectivity index (χ2v) is 5.86. The molecule has 0 radical (unpaired) electrons. The van der Waals surface area contributed by atoms with Gasteiger partial charge in [0.15, 0.2) is 17.3 Å². The zero-order valence-electron chi connectivity index (χ0n) is 13.9. The van der Waals surface area contributed by atoms with Crippen LogP contribution in [0.5, 0.6) is 11.5 Å². The minimum absolute atomic E-state index is 0.223. The molecule has 0 aliphatic heterocycles. The molecule has 25 heavy (non-hydrogen) atoms. The van der Waals surface area contributed by atoms with Crippen LogP contribution in [0.15, 0.2) is 54.3 Å². The number of aliphatic hydroxyl groups is 1. The number of ether oxygens (including phenoxy) is 2. The van der Waals surface area contributed by atoms with E-state index >= 15 is 0 Å². The van der Waals surface area contributed by atoms with Crippen LogP contribution >= 0.6 is 0 Å². The average molecular weight is 332 g/mol. The van der Waals surface area contributed by atoms with E-state index in [2.05, 4.69) is 0 Å². The maximum absolute atomic E-state index is 12.3. The summed E-state index contributed by atoms with van der Waals surface area (Å²) in [6.45, 7) is 0. The number of methoxy groups -OCH3 is 2. The summed E-state index contributed by atoms with van der Waals surface area (Å²) >= 11 is 0. The lowest BCUT2D eigenvalue weighted by Crippen LogP contribution is -2.08. The van der Waals surface area contributed by atoms with Gasteiger partial charge in [0, 0.05) is 10.9 Å². The first-order valence-corrected chi connectivity index (χ1v) is 7.87. The summed E-state index contributed by atoms with van der Waals surface area (Å²) in [6, 6.07) is 15.2. The SMILES string of the molecule is COc1ccc(-c2ccc3c4c(cccc24)C=C(O)C3=O)cc1OC. The fourth-order valence-electron chi connectivity index (χ4n) is 3.35. The summed E-state index contributed by atoms with van der Waals surface area (Å²) in [5.41, 5.74) is 3.32. The van der Waals surface area contributed by atoms with Gasteiger partial charge < -0.3 is 14.6 Å². The molecule has 4 nitrogen and oxygen atoms in total. The van der Waals surface area contributed by atoms with Crippen molar-refractivity contribution in [3.05, 3.63) is 65.4 Å². The molecule has 4 rings (SSSR count). The van der Waals surface area contributed by atoms with Gasteiger partial charge in [0.05, 0.1) is 14.2 Å². The standard InChI is InChI=1S/C21H16O4/c1-24-18-9-6-12(11-19(18)25-2)14-7-8-16-20-13(4-3-5-15(14)20)10-17(22)21(16)23/h3-11,22H,1-2H3. The highest BCUT2D eigenvalue weighted by Gasteiger charge is 2.22. The molecule has 3 aromatic rings. The molecule has 0 atom stereocenters. The van der Waals surface area contributed by atoms with Gasteiger partial charge in [0.2, 0.25) is 5.78 Å². The number of rotatable bonds is 3. The van der Waals surface area contributed by atoms with E-state index in [-0.39, 0.29) is 11.5 Å². The summed E-state index contributed by atoms with van der Waals surface area (Å²) in [4.78, 5) is 12.3. The van der Waals surface area contributed by atoms with E-state index in [1.165, 1.54) is 6.08 Å². The molecule has 0 bridgehead atoms. The smallest absolute Gasteiger partial charge is 0.227 e. The van der Waals surface area contributed by atoms with Crippen LogP contribution in [0.25, 0.3) is 28.0 Å². The van der Waals surface area contributed by atoms with Gasteiger partial charge in [0.25, 0.3) is 0 Å². The third-order valence-electron chi connectivity index (χ3n) is 4.54. The zero-order chi connectivity index (χ0) is 17.6. The second-order valence-electron chi connectivity index (χ2n) is 5.86. The van der Waals surface area contributed by atoms with Crippen LogP contribution in [0.2, 0.25) is 0 Å². The number of aliphatic hydroxyl groups excluding tert-OH is 1. The first-order chi connectivity index (χ1) is 12.1. The van der Waals surface area contributed by atoms with Crippen molar-refractivity contribution in [1.82, 2.24) is 0 Å². The topological polar surface area (TPSA) is 55.8 Å². The molecule has 0 saturated carbocycles. The van der Waals surface area contributed by atoms with Crippen molar-refractivity contribution in [2.45, 2.75) is 0 Å². The largest absolute Gasteiger partial charge is 0.504 e. The van der Waals surface area contributed by atoms with Gasteiger partial charge >= 0.3 is 0 Å². The molecule has 0 unspecified atom stereocenters. The number of carbonyl (C=O) groups excluding carboxylic acids is 1. The van der Waals surface area contributed by atoms with E-state index in [1.54, 1.807) is 20.3 Å². The van der Waals surface area contributed by atoms with Crippen molar-refractivity contribution >= 4 is 22.6 Å². The summed E-state index contributed by atoms with van der Waals surface area (Å²) < 4.78 is 10.7. The molecule has 1 N–H and O–H groups in total. The van der Waals surface area contributed by atoms with E-state index in [9.17, 15) is 9.90 Å². The summed E-state index contributed by atoms with van der Waals surface area (Å²) in [7, 11) is 3.20. The number of carbonyl (C=O) groups is 1. The van der Waals surface area contributed by atoms with Crippen molar-refractivity contribution in [1.29, 1.82) is 0 Å². The van der Waals surface area contributed by atoms with E-state index in [0.29, 0.717) is 17.1 Å². The highest BCUT2D eigenvalue weighted by molar-refractivity contribution is 6.23. The summed E-state index contributed by atoms with van der Waals surface area (Å²) in [5, 5.41) is 11.7. The first-order valence-electron chi connectivity index (χ1n) is 7.87. The molecular formula is C21H16O4. The number of hydrogen-bond donors (Lipinski definition) is 1. The number of ketones is 1. The van der Waals surface area contributed by atoms with Gasteiger partial charge in [0.1, 0.15) is 0 Å². The molecular weight excluding hydrogens is 316 g/mol. The third-order valence-corrected chi connectivity index (χ3v) is 4.54. The molecule has 0 fully saturated rings. The normalized spacial score (nSPS) is 12.9. The zero-order valence-corrected chi connectivity index (χ0v) is 13.9. The second kappa shape index (κ2) is 5.67. The minimum atomic E-state index is -0.345. The Kier molecular flexibility index (Phi) is 3.46. The van der Waals surface area contributed by atoms with Crippen LogP contribution in [0.1, 0.15) is 15.9 Å². The van der Waals surface area contributed by atoms with Crippen molar-refractivity contribution < 1.29 is 19.4 Å². The van der Waals surface area contributed by atoms with Crippen molar-refractivity contribution in [2.75, 3.05) is 14.2 Å². The lowest BCUT2D eigenvalue weighted by molar-refractivity contribution is 0.0981. The molecule has 3 aromatic carbocycles. The first kappa shape index (κ1) is 15.3. The van der Waals surface area contributed by atoms with Gasteiger partial charge in [-0.05, 0) is 46.4 Å². The van der Waals surface area contributed by atoms with Gasteiger partial charge in [-0.3, -0.25) is 4.79 Å². The predicted octanol–water partition coefficient (Wildman–Crippen LogP) is 4.62. The molecule has 1 aliphatic rings. The van der Waals surface area contributed by atoms with Crippen molar-refractivity contribution in [2.24, 2.45) is 0 Å². The average Bonchev–Trinajstić information content (AvgIpc) is 2.65. The molecule has 0 saturated heterocycles. The Morgan fingerprint density at radius 1 is 0.880 bits per heavy atom. The maximum atomic E-state index is 12.3. The molecule has 0 amide bonds. The van der Waals surface area contributed by atoms with Gasteiger partial charge in [-0.2, -0.15) is 0 Å². The lowest BCUT2D eigenvalue weighted by atomic mass is 9.87. The molecule has 0 aromatic heterocycles. The van der Waals surface area contributed by atoms with Gasteiger partial charge in [-0.15, -0.1) is 0 Å². The Hall–Kier alpha value is -3.27. The minimum Gasteiger partial charge on any atom is -0.504 e. The summed E-state index contributed by atoms with van der Waals surface area (Å²) in [6.07, 6.45) is 1.52. The summed E-state index contributed by atoms with van der Waals surface area (Å²) in [5.74, 6) is 0.743. The van der Waals surface area contributed by atoms with Crippen molar-refractivity contribution in [3.8, 4) is 22.6 Å². The highest BCUT2D eigenvalue weighted by atomic mass is 16.5. The fourth-order valence-corrected chi connectivity index (χ4v) is 3.35. The van der Waals surface area contributed by atoms with Crippen LogP contribution in [-0.4, -0.2) is 25.1 Å². The number of benzene rings is 3. The Morgan fingerprint density at radius 3 is 2.40 bits per heavy atom. The van der Waals surface area contributed by atoms with Crippen LogP contribution in [0, 0.1) is 0 Å². The monoisotopic (exact) mass is 332 g/mol. The molecule has 4 heteroatoms. The van der Waals surface area contributed by atoms with Crippen LogP contribution in [-0.2, 0) is 0 Å². The van der Waals surface area contributed by atoms with Crippen LogP contribution in [0.3, 0.4) is 0 Å². The van der Waals surface area contributed by atoms with E-state index in [4.69, 9.17) is 9.47 Å². The Morgan fingerprint density at radius 2 is 1.64 bits per heavy atom. The van der Waals surface area contributed by atoms with E-state index in [0.717, 1.165) is 27.5 Å². The lowest BCUT2D eigenvalue weighted by Gasteiger charge is -2.17. The van der Waals surface area contributed by atoms with E-state index < -0.39 is 0 Å². The Balaban J connectivity index is 2.00. The molecule has 0 spiro atoms. The molecule has 1 aliphatic carbocycles. The predicted molar refractivity (Wildman–Crippen MR) is 97.4 cm³/mol. The highest BCUT2D eigenvalue weighted by Crippen LogP contribution is 2.39. The number of allylic oxidation sites excluding steroid dienone is 1. The molecule has 0 heterocycles. The fraction of sp³-hybridized carbons (Fsp3) is 0.0952. The number of hydrogen-bond acceptors (Lipinski definition) is 4.